The fourth-order valence-corrected chi connectivity index (χ4v) is 2.37. The average molecular weight is 306 g/mol. The zero-order valence-electron chi connectivity index (χ0n) is 11.3. The molecule has 0 fully saturated rings. The van der Waals surface area contributed by atoms with Crippen LogP contribution in [0.25, 0.3) is 0 Å². The van der Waals surface area contributed by atoms with Gasteiger partial charge in [-0.15, -0.1) is 0 Å². The molecular weight excluding hydrogens is 292 g/mol. The van der Waals surface area contributed by atoms with Crippen LogP contribution in [0.15, 0.2) is 53.4 Å². The van der Waals surface area contributed by atoms with E-state index >= 15 is 0 Å². The summed E-state index contributed by atoms with van der Waals surface area (Å²) < 4.78 is 28.2. The Morgan fingerprint density at radius 1 is 1.14 bits per heavy atom. The Balaban J connectivity index is 2.06. The Labute approximate surface area is 122 Å². The zero-order valence-corrected chi connectivity index (χ0v) is 12.1. The molecule has 0 saturated carbocycles. The molecule has 110 valence electrons. The number of carboxylic acid groups (broad SMARTS) is 1. The lowest BCUT2D eigenvalue weighted by Gasteiger charge is -2.07. The Hall–Kier alpha value is -2.34. The number of hydrogen-bond acceptors (Lipinski definition) is 4. The summed E-state index contributed by atoms with van der Waals surface area (Å²) in [4.78, 5) is 11.1. The number of hydrogen-bond donors (Lipinski definition) is 1. The number of carboxylic acids is 1. The zero-order chi connectivity index (χ0) is 15.5. The third-order valence-electron chi connectivity index (χ3n) is 2.83. The summed E-state index contributed by atoms with van der Waals surface area (Å²) in [6.45, 7) is 0.208. The first kappa shape index (κ1) is 15.1. The van der Waals surface area contributed by atoms with Crippen LogP contribution < -0.4 is 4.74 Å². The third kappa shape index (κ3) is 4.06. The molecule has 0 heterocycles. The first-order valence-electron chi connectivity index (χ1n) is 6.11. The normalized spacial score (nSPS) is 11.1. The summed E-state index contributed by atoms with van der Waals surface area (Å²) in [5.41, 5.74) is 0.922. The van der Waals surface area contributed by atoms with Crippen molar-refractivity contribution in [3.63, 3.8) is 0 Å². The van der Waals surface area contributed by atoms with Gasteiger partial charge in [0.1, 0.15) is 12.4 Å². The minimum Gasteiger partial charge on any atom is -0.489 e. The van der Waals surface area contributed by atoms with E-state index in [-0.39, 0.29) is 17.1 Å². The van der Waals surface area contributed by atoms with Gasteiger partial charge in [0, 0.05) is 6.26 Å². The second-order valence-corrected chi connectivity index (χ2v) is 6.55. The van der Waals surface area contributed by atoms with E-state index in [4.69, 9.17) is 9.84 Å². The van der Waals surface area contributed by atoms with Crippen molar-refractivity contribution in [1.82, 2.24) is 0 Å². The fraction of sp³-hybridized carbons (Fsp3) is 0.133. The molecule has 1 N–H and O–H groups in total. The van der Waals surface area contributed by atoms with Gasteiger partial charge >= 0.3 is 5.97 Å². The second kappa shape index (κ2) is 5.97. The highest BCUT2D eigenvalue weighted by Crippen LogP contribution is 2.17. The molecule has 0 aliphatic carbocycles. The molecule has 5 nitrogen and oxygen atoms in total. The summed E-state index contributed by atoms with van der Waals surface area (Å²) in [7, 11) is -3.22. The van der Waals surface area contributed by atoms with E-state index in [1.807, 2.05) is 0 Å². The van der Waals surface area contributed by atoms with E-state index < -0.39 is 15.8 Å². The van der Waals surface area contributed by atoms with Crippen molar-refractivity contribution in [3.05, 3.63) is 59.7 Å². The van der Waals surface area contributed by atoms with E-state index in [1.165, 1.54) is 24.3 Å². The number of aromatic carboxylic acids is 1. The highest BCUT2D eigenvalue weighted by atomic mass is 32.2. The second-order valence-electron chi connectivity index (χ2n) is 4.54. The first-order valence-corrected chi connectivity index (χ1v) is 8.00. The van der Waals surface area contributed by atoms with Crippen molar-refractivity contribution in [1.29, 1.82) is 0 Å². The van der Waals surface area contributed by atoms with E-state index in [0.717, 1.165) is 11.8 Å². The Bertz CT molecular complexity index is 748. The van der Waals surface area contributed by atoms with E-state index in [1.54, 1.807) is 24.3 Å². The maximum absolute atomic E-state index is 11.3. The Morgan fingerprint density at radius 2 is 1.81 bits per heavy atom. The predicted molar refractivity (Wildman–Crippen MR) is 77.3 cm³/mol. The standard InChI is InChI=1S/C15H14O5S/c1-21(18,19)14-7-5-13(6-8-14)20-10-11-3-2-4-12(9-11)15(16)17/h2-9H,10H2,1H3,(H,16,17). The van der Waals surface area contributed by atoms with Gasteiger partial charge in [-0.2, -0.15) is 0 Å². The monoisotopic (exact) mass is 306 g/mol. The van der Waals surface area contributed by atoms with Crippen LogP contribution in [-0.2, 0) is 16.4 Å². The number of carbonyl (C=O) groups is 1. The lowest BCUT2D eigenvalue weighted by molar-refractivity contribution is 0.0696. The molecule has 2 rings (SSSR count). The molecule has 0 aliphatic heterocycles. The first-order chi connectivity index (χ1) is 9.86. The summed E-state index contributed by atoms with van der Waals surface area (Å²) in [5, 5.41) is 8.90. The SMILES string of the molecule is CS(=O)(=O)c1ccc(OCc2cccc(C(=O)O)c2)cc1. The molecule has 0 saturated heterocycles. The molecule has 0 amide bonds. The van der Waals surface area contributed by atoms with E-state index in [0.29, 0.717) is 5.75 Å². The molecule has 0 radical (unpaired) electrons. The molecule has 0 spiro atoms. The van der Waals surface area contributed by atoms with Gasteiger partial charge in [0.2, 0.25) is 0 Å². The molecular formula is C15H14O5S. The molecule has 2 aromatic carbocycles. The summed E-state index contributed by atoms with van der Waals surface area (Å²) in [6.07, 6.45) is 1.14. The fourth-order valence-electron chi connectivity index (χ4n) is 1.74. The molecule has 21 heavy (non-hydrogen) atoms. The van der Waals surface area contributed by atoms with Crippen molar-refractivity contribution in [2.24, 2.45) is 0 Å². The third-order valence-corrected chi connectivity index (χ3v) is 3.96. The van der Waals surface area contributed by atoms with Crippen molar-refractivity contribution in [2.45, 2.75) is 11.5 Å². The lowest BCUT2D eigenvalue weighted by atomic mass is 10.1. The van der Waals surface area contributed by atoms with Gasteiger partial charge in [-0.1, -0.05) is 12.1 Å². The smallest absolute Gasteiger partial charge is 0.335 e. The Morgan fingerprint density at radius 3 is 2.38 bits per heavy atom. The predicted octanol–water partition coefficient (Wildman–Crippen LogP) is 2.37. The molecule has 0 aliphatic rings. The Kier molecular flexibility index (Phi) is 4.28. The maximum atomic E-state index is 11.3. The van der Waals surface area contributed by atoms with Crippen LogP contribution in [0.1, 0.15) is 15.9 Å². The van der Waals surface area contributed by atoms with Crippen LogP contribution in [0.5, 0.6) is 5.75 Å². The van der Waals surface area contributed by atoms with Crippen LogP contribution in [0, 0.1) is 0 Å². The van der Waals surface area contributed by atoms with Crippen molar-refractivity contribution >= 4 is 15.8 Å². The van der Waals surface area contributed by atoms with Crippen LogP contribution >= 0.6 is 0 Å². The van der Waals surface area contributed by atoms with Crippen molar-refractivity contribution in [2.75, 3.05) is 6.26 Å². The molecule has 0 unspecified atom stereocenters. The van der Waals surface area contributed by atoms with Gasteiger partial charge in [0.25, 0.3) is 0 Å². The molecule has 6 heteroatoms. The molecule has 2 aromatic rings. The highest BCUT2D eigenvalue weighted by Gasteiger charge is 2.07. The van der Waals surface area contributed by atoms with Crippen LogP contribution in [0.4, 0.5) is 0 Å². The lowest BCUT2D eigenvalue weighted by Crippen LogP contribution is -2.01. The van der Waals surface area contributed by atoms with E-state index in [2.05, 4.69) is 0 Å². The minimum absolute atomic E-state index is 0.198. The summed E-state index contributed by atoms with van der Waals surface area (Å²) in [6, 6.07) is 12.5. The summed E-state index contributed by atoms with van der Waals surface area (Å²) >= 11 is 0. The van der Waals surface area contributed by atoms with Gasteiger partial charge in [-0.25, -0.2) is 13.2 Å². The van der Waals surface area contributed by atoms with Gasteiger partial charge in [-0.3, -0.25) is 0 Å². The number of rotatable bonds is 5. The minimum atomic E-state index is -3.22. The number of benzene rings is 2. The van der Waals surface area contributed by atoms with Gasteiger partial charge in [-0.05, 0) is 42.0 Å². The van der Waals surface area contributed by atoms with Gasteiger partial charge in [0.15, 0.2) is 9.84 Å². The maximum Gasteiger partial charge on any atom is 0.335 e. The molecule has 0 bridgehead atoms. The molecule has 0 aromatic heterocycles. The largest absolute Gasteiger partial charge is 0.489 e. The number of ether oxygens (including phenoxy) is 1. The van der Waals surface area contributed by atoms with Crippen LogP contribution in [0.3, 0.4) is 0 Å². The van der Waals surface area contributed by atoms with Crippen LogP contribution in [0.2, 0.25) is 0 Å². The number of sulfone groups is 1. The van der Waals surface area contributed by atoms with Crippen molar-refractivity contribution in [3.8, 4) is 5.75 Å². The van der Waals surface area contributed by atoms with E-state index in [9.17, 15) is 13.2 Å². The van der Waals surface area contributed by atoms with Gasteiger partial charge < -0.3 is 9.84 Å². The van der Waals surface area contributed by atoms with Crippen LogP contribution in [-0.4, -0.2) is 25.7 Å². The molecule has 0 atom stereocenters. The average Bonchev–Trinajstić information content (AvgIpc) is 2.45. The summed E-state index contributed by atoms with van der Waals surface area (Å²) in [5.74, 6) is -0.475. The van der Waals surface area contributed by atoms with Crippen molar-refractivity contribution < 1.29 is 23.1 Å². The highest BCUT2D eigenvalue weighted by molar-refractivity contribution is 7.90. The quantitative estimate of drug-likeness (QED) is 0.917. The topological polar surface area (TPSA) is 80.7 Å². The van der Waals surface area contributed by atoms with Gasteiger partial charge in [0.05, 0.1) is 10.5 Å².